The van der Waals surface area contributed by atoms with E-state index in [0.29, 0.717) is 5.69 Å². The quantitative estimate of drug-likeness (QED) is 0.646. The topological polar surface area (TPSA) is 72.9 Å². The zero-order valence-electron chi connectivity index (χ0n) is 15.2. The van der Waals surface area contributed by atoms with Crippen molar-refractivity contribution in [3.8, 4) is 5.75 Å². The number of carbonyl (C=O) groups excluding carboxylic acids is 1. The van der Waals surface area contributed by atoms with E-state index in [2.05, 4.69) is 4.74 Å². The molecule has 0 atom stereocenters. The Bertz CT molecular complexity index is 976. The van der Waals surface area contributed by atoms with Gasteiger partial charge in [0.05, 0.1) is 24.9 Å². The lowest BCUT2D eigenvalue weighted by atomic mass is 10.1. The molecule has 0 heterocycles. The van der Waals surface area contributed by atoms with Gasteiger partial charge in [-0.1, -0.05) is 29.3 Å². The van der Waals surface area contributed by atoms with Crippen molar-refractivity contribution in [2.75, 3.05) is 25.1 Å². The normalized spacial score (nSPS) is 11.2. The number of halogens is 2. The maximum Gasteiger partial charge on any atom is 0.326 e. The van der Waals surface area contributed by atoms with Gasteiger partial charge in [-0.2, -0.15) is 0 Å². The highest BCUT2D eigenvalue weighted by Gasteiger charge is 2.31. The largest absolute Gasteiger partial charge is 0.495 e. The second-order valence-corrected chi connectivity index (χ2v) is 8.34. The summed E-state index contributed by atoms with van der Waals surface area (Å²) in [4.78, 5) is 11.6. The molecule has 0 unspecified atom stereocenters. The highest BCUT2D eigenvalue weighted by molar-refractivity contribution is 7.93. The van der Waals surface area contributed by atoms with Crippen molar-refractivity contribution in [3.63, 3.8) is 0 Å². The lowest BCUT2D eigenvalue weighted by molar-refractivity contribution is -0.138. The summed E-state index contributed by atoms with van der Waals surface area (Å²) in [5.41, 5.74) is 2.17. The molecular weight excluding hydrogens is 413 g/mol. The molecule has 0 aliphatic heterocycles. The van der Waals surface area contributed by atoms with Gasteiger partial charge in [0.15, 0.2) is 0 Å². The number of ether oxygens (including phenoxy) is 2. The van der Waals surface area contributed by atoms with Crippen molar-refractivity contribution in [2.24, 2.45) is 0 Å². The molecule has 0 amide bonds. The predicted octanol–water partition coefficient (Wildman–Crippen LogP) is 3.99. The Balaban J connectivity index is 2.65. The summed E-state index contributed by atoms with van der Waals surface area (Å²) >= 11 is 12.3. The fourth-order valence-electron chi connectivity index (χ4n) is 2.37. The SMILES string of the molecule is COC(=O)CN(c1ccc(C)c(C)c1)S(=O)(=O)c1ccc(OC)c(Cl)c1Cl. The number of rotatable bonds is 6. The molecule has 0 saturated carbocycles. The first kappa shape index (κ1) is 21.3. The molecule has 9 heteroatoms. The van der Waals surface area contributed by atoms with Crippen molar-refractivity contribution >= 4 is 44.9 Å². The molecule has 0 saturated heterocycles. The summed E-state index contributed by atoms with van der Waals surface area (Å²) in [6.45, 7) is 3.23. The third-order valence-corrected chi connectivity index (χ3v) is 6.87. The van der Waals surface area contributed by atoms with Crippen molar-refractivity contribution in [3.05, 3.63) is 51.5 Å². The lowest BCUT2D eigenvalue weighted by Gasteiger charge is -2.25. The van der Waals surface area contributed by atoms with Crippen LogP contribution in [0.5, 0.6) is 5.75 Å². The maximum absolute atomic E-state index is 13.3. The van der Waals surface area contributed by atoms with E-state index >= 15 is 0 Å². The van der Waals surface area contributed by atoms with E-state index in [1.165, 1.54) is 26.4 Å². The van der Waals surface area contributed by atoms with Crippen molar-refractivity contribution in [2.45, 2.75) is 18.7 Å². The third-order valence-electron chi connectivity index (χ3n) is 4.08. The molecule has 2 aromatic rings. The summed E-state index contributed by atoms with van der Waals surface area (Å²) in [5, 5.41) is -0.215. The summed E-state index contributed by atoms with van der Waals surface area (Å²) in [6, 6.07) is 7.75. The van der Waals surface area contributed by atoms with Crippen LogP contribution < -0.4 is 9.04 Å². The highest BCUT2D eigenvalue weighted by Crippen LogP contribution is 2.38. The zero-order valence-corrected chi connectivity index (χ0v) is 17.6. The van der Waals surface area contributed by atoms with Gasteiger partial charge in [-0.25, -0.2) is 8.42 Å². The molecule has 0 fully saturated rings. The van der Waals surface area contributed by atoms with Gasteiger partial charge in [-0.3, -0.25) is 9.10 Å². The molecule has 0 bridgehead atoms. The van der Waals surface area contributed by atoms with Crippen LogP contribution in [0.15, 0.2) is 35.2 Å². The van der Waals surface area contributed by atoms with Crippen LogP contribution in [0.3, 0.4) is 0 Å². The summed E-state index contributed by atoms with van der Waals surface area (Å²) < 4.78 is 37.2. The predicted molar refractivity (Wildman–Crippen MR) is 105 cm³/mol. The minimum absolute atomic E-state index is 0.0293. The first-order valence-electron chi connectivity index (χ1n) is 7.82. The van der Waals surface area contributed by atoms with Crippen molar-refractivity contribution < 1.29 is 22.7 Å². The molecule has 0 aromatic heterocycles. The number of anilines is 1. The summed E-state index contributed by atoms with van der Waals surface area (Å²) in [6.07, 6.45) is 0. The molecule has 27 heavy (non-hydrogen) atoms. The highest BCUT2D eigenvalue weighted by atomic mass is 35.5. The van der Waals surface area contributed by atoms with Crippen LogP contribution in [0.1, 0.15) is 11.1 Å². The van der Waals surface area contributed by atoms with E-state index in [0.717, 1.165) is 15.4 Å². The number of benzene rings is 2. The van der Waals surface area contributed by atoms with E-state index in [1.807, 2.05) is 13.8 Å². The monoisotopic (exact) mass is 431 g/mol. The van der Waals surface area contributed by atoms with Crippen LogP contribution in [-0.2, 0) is 19.6 Å². The Morgan fingerprint density at radius 3 is 2.26 bits per heavy atom. The Labute approximate surface area is 168 Å². The van der Waals surface area contributed by atoms with Crippen LogP contribution in [0.4, 0.5) is 5.69 Å². The van der Waals surface area contributed by atoms with Gasteiger partial charge in [0, 0.05) is 0 Å². The Hall–Kier alpha value is -1.96. The van der Waals surface area contributed by atoms with Gasteiger partial charge in [-0.05, 0) is 49.2 Å². The maximum atomic E-state index is 13.3. The summed E-state index contributed by atoms with van der Waals surface area (Å²) in [5.74, 6) is -0.473. The van der Waals surface area contributed by atoms with Crippen LogP contribution in [-0.4, -0.2) is 35.2 Å². The summed E-state index contributed by atoms with van der Waals surface area (Å²) in [7, 11) is -1.63. The molecule has 2 rings (SSSR count). The molecule has 0 N–H and O–H groups in total. The fourth-order valence-corrected chi connectivity index (χ4v) is 4.59. The van der Waals surface area contributed by atoms with Crippen LogP contribution in [0.25, 0.3) is 0 Å². The van der Waals surface area contributed by atoms with Gasteiger partial charge < -0.3 is 9.47 Å². The Kier molecular flexibility index (Phi) is 6.62. The molecule has 0 aliphatic carbocycles. The average Bonchev–Trinajstić information content (AvgIpc) is 2.63. The fraction of sp³-hybridized carbons (Fsp3) is 0.278. The van der Waals surface area contributed by atoms with E-state index in [-0.39, 0.29) is 20.7 Å². The van der Waals surface area contributed by atoms with Crippen molar-refractivity contribution in [1.82, 2.24) is 0 Å². The average molecular weight is 432 g/mol. The number of aryl methyl sites for hydroxylation is 2. The molecule has 0 spiro atoms. The number of sulfonamides is 1. The number of hydrogen-bond donors (Lipinski definition) is 0. The van der Waals surface area contributed by atoms with E-state index in [4.69, 9.17) is 27.9 Å². The number of hydrogen-bond acceptors (Lipinski definition) is 5. The lowest BCUT2D eigenvalue weighted by Crippen LogP contribution is -2.36. The third kappa shape index (κ3) is 4.31. The first-order valence-corrected chi connectivity index (χ1v) is 10.0. The molecule has 0 radical (unpaired) electrons. The van der Waals surface area contributed by atoms with E-state index < -0.39 is 22.5 Å². The molecule has 0 aliphatic rings. The van der Waals surface area contributed by atoms with Crippen LogP contribution >= 0.6 is 23.2 Å². The number of nitrogens with zero attached hydrogens (tertiary/aromatic N) is 1. The minimum Gasteiger partial charge on any atom is -0.495 e. The smallest absolute Gasteiger partial charge is 0.326 e. The number of carbonyl (C=O) groups is 1. The molecule has 2 aromatic carbocycles. The zero-order chi connectivity index (χ0) is 20.4. The van der Waals surface area contributed by atoms with Crippen molar-refractivity contribution in [1.29, 1.82) is 0 Å². The second-order valence-electron chi connectivity index (χ2n) is 5.75. The van der Waals surface area contributed by atoms with Gasteiger partial charge in [0.25, 0.3) is 10.0 Å². The molecule has 6 nitrogen and oxygen atoms in total. The number of esters is 1. The van der Waals surface area contributed by atoms with Gasteiger partial charge in [-0.15, -0.1) is 0 Å². The van der Waals surface area contributed by atoms with Gasteiger partial charge in [0.1, 0.15) is 22.2 Å². The van der Waals surface area contributed by atoms with E-state index in [1.54, 1.807) is 18.2 Å². The Morgan fingerprint density at radius 1 is 1.04 bits per heavy atom. The minimum atomic E-state index is -4.21. The molecule has 146 valence electrons. The van der Waals surface area contributed by atoms with Crippen LogP contribution in [0.2, 0.25) is 10.0 Å². The standard InChI is InChI=1S/C18H19Cl2NO5S/c1-11-5-6-13(9-12(11)2)21(10-16(22)26-4)27(23,24)15-8-7-14(25-3)17(19)18(15)20/h5-9H,10H2,1-4H3. The number of methoxy groups -OCH3 is 2. The van der Waals surface area contributed by atoms with Crippen LogP contribution in [0, 0.1) is 13.8 Å². The molecular formula is C18H19Cl2NO5S. The second kappa shape index (κ2) is 8.37. The van der Waals surface area contributed by atoms with E-state index in [9.17, 15) is 13.2 Å². The first-order chi connectivity index (χ1) is 12.6. The van der Waals surface area contributed by atoms with Gasteiger partial charge >= 0.3 is 5.97 Å². The van der Waals surface area contributed by atoms with Gasteiger partial charge in [0.2, 0.25) is 0 Å². The Morgan fingerprint density at radius 2 is 1.70 bits per heavy atom.